The molecular weight excluding hydrogens is 352 g/mol. The van der Waals surface area contributed by atoms with E-state index < -0.39 is 0 Å². The van der Waals surface area contributed by atoms with Gasteiger partial charge in [0.1, 0.15) is 11.6 Å². The van der Waals surface area contributed by atoms with E-state index in [1.54, 1.807) is 0 Å². The minimum absolute atomic E-state index is 0.735. The molecule has 1 amide bonds. The first kappa shape index (κ1) is 18.7. The predicted molar refractivity (Wildman–Crippen MR) is 112 cm³/mol. The van der Waals surface area contributed by atoms with Gasteiger partial charge in [-0.2, -0.15) is 0 Å². The van der Waals surface area contributed by atoms with Crippen LogP contribution >= 0.6 is 0 Å². The molecule has 3 heterocycles. The van der Waals surface area contributed by atoms with Gasteiger partial charge in [0.15, 0.2) is 5.82 Å². The highest BCUT2D eigenvalue weighted by Crippen LogP contribution is 2.26. The molecule has 0 atom stereocenters. The Morgan fingerprint density at radius 2 is 1.43 bits per heavy atom. The lowest BCUT2D eigenvalue weighted by molar-refractivity contribution is -0.118. The van der Waals surface area contributed by atoms with Crippen LogP contribution in [-0.2, 0) is 4.79 Å². The number of hydrogen-bond donors (Lipinski definition) is 0. The molecule has 2 fully saturated rings. The first-order valence-corrected chi connectivity index (χ1v) is 10.1. The monoisotopic (exact) mass is 380 g/mol. The van der Waals surface area contributed by atoms with E-state index in [-0.39, 0.29) is 0 Å². The molecule has 1 aromatic heterocycles. The largest absolute Gasteiger partial charge is 0.354 e. The molecule has 2 aromatic rings. The molecule has 0 unspecified atom stereocenters. The Kier molecular flexibility index (Phi) is 5.71. The third kappa shape index (κ3) is 4.09. The third-order valence-corrected chi connectivity index (χ3v) is 5.66. The molecule has 148 valence electrons. The van der Waals surface area contributed by atoms with Crippen LogP contribution in [0.3, 0.4) is 0 Å². The molecule has 7 nitrogen and oxygen atoms in total. The maximum Gasteiger partial charge on any atom is 0.209 e. The highest BCUT2D eigenvalue weighted by Gasteiger charge is 2.22. The number of nitrogens with zero attached hydrogens (tertiary/aromatic N) is 6. The predicted octanol–water partition coefficient (Wildman–Crippen LogP) is 1.56. The summed E-state index contributed by atoms with van der Waals surface area (Å²) in [6.45, 7) is 10.5. The van der Waals surface area contributed by atoms with Crippen molar-refractivity contribution in [1.82, 2.24) is 19.8 Å². The fourth-order valence-electron chi connectivity index (χ4n) is 3.81. The second-order valence-corrected chi connectivity index (χ2v) is 7.32. The van der Waals surface area contributed by atoms with Crippen LogP contribution in [0.15, 0.2) is 36.4 Å². The molecule has 0 bridgehead atoms. The van der Waals surface area contributed by atoms with Gasteiger partial charge in [-0.05, 0) is 6.54 Å². The van der Waals surface area contributed by atoms with Crippen molar-refractivity contribution in [3.05, 3.63) is 36.4 Å². The van der Waals surface area contributed by atoms with Crippen LogP contribution in [0.1, 0.15) is 6.92 Å². The van der Waals surface area contributed by atoms with Gasteiger partial charge in [0, 0.05) is 64.0 Å². The zero-order valence-corrected chi connectivity index (χ0v) is 16.5. The molecule has 0 radical (unpaired) electrons. The summed E-state index contributed by atoms with van der Waals surface area (Å²) in [5.41, 5.74) is 1.03. The zero-order valence-electron chi connectivity index (χ0n) is 16.5. The maximum atomic E-state index is 11.0. The Labute approximate surface area is 166 Å². The van der Waals surface area contributed by atoms with E-state index in [1.165, 1.54) is 0 Å². The average molecular weight is 380 g/mol. The fraction of sp³-hybridized carbons (Fsp3) is 0.476. The summed E-state index contributed by atoms with van der Waals surface area (Å²) in [5, 5.41) is 0. The number of carbonyl (C=O) groups excluding carboxylic acids is 1. The standard InChI is InChI=1S/C21H28N6O/c1-2-24-8-12-26(13-9-24)19-16-20(27-14-10-25(17-28)11-15-27)23-21(22-19)18-6-4-3-5-7-18/h3-7,16-17H,2,8-15H2,1H3. The molecule has 0 saturated carbocycles. The molecule has 4 rings (SSSR count). The number of carbonyl (C=O) groups is 1. The van der Waals surface area contributed by atoms with E-state index in [0.717, 1.165) is 88.3 Å². The van der Waals surface area contributed by atoms with Gasteiger partial charge in [0.2, 0.25) is 6.41 Å². The number of anilines is 2. The van der Waals surface area contributed by atoms with E-state index in [4.69, 9.17) is 9.97 Å². The normalized spacial score (nSPS) is 18.4. The Morgan fingerprint density at radius 1 is 0.857 bits per heavy atom. The summed E-state index contributed by atoms with van der Waals surface area (Å²) in [5.74, 6) is 2.72. The molecule has 0 N–H and O–H groups in total. The topological polar surface area (TPSA) is 55.8 Å². The van der Waals surface area contributed by atoms with Gasteiger partial charge in [0.25, 0.3) is 0 Å². The first-order chi connectivity index (χ1) is 13.8. The van der Waals surface area contributed by atoms with Gasteiger partial charge in [-0.15, -0.1) is 0 Å². The molecule has 0 spiro atoms. The SMILES string of the molecule is CCN1CCN(c2cc(N3CCN(C=O)CC3)nc(-c3ccccc3)n2)CC1. The minimum Gasteiger partial charge on any atom is -0.354 e. The van der Waals surface area contributed by atoms with Crippen LogP contribution in [0, 0.1) is 0 Å². The number of piperazine rings is 2. The summed E-state index contributed by atoms with van der Waals surface area (Å²) < 4.78 is 0. The van der Waals surface area contributed by atoms with Gasteiger partial charge in [-0.1, -0.05) is 37.3 Å². The number of hydrogen-bond acceptors (Lipinski definition) is 6. The third-order valence-electron chi connectivity index (χ3n) is 5.66. The Bertz CT molecular complexity index is 783. The van der Waals surface area contributed by atoms with Crippen molar-refractivity contribution in [2.24, 2.45) is 0 Å². The van der Waals surface area contributed by atoms with Crippen molar-refractivity contribution in [1.29, 1.82) is 0 Å². The van der Waals surface area contributed by atoms with Crippen molar-refractivity contribution in [2.45, 2.75) is 6.92 Å². The summed E-state index contributed by atoms with van der Waals surface area (Å²) in [7, 11) is 0. The number of aromatic nitrogens is 2. The maximum absolute atomic E-state index is 11.0. The minimum atomic E-state index is 0.735. The van der Waals surface area contributed by atoms with Crippen LogP contribution in [0.2, 0.25) is 0 Å². The van der Waals surface area contributed by atoms with E-state index in [1.807, 2.05) is 23.1 Å². The lowest BCUT2D eigenvalue weighted by atomic mass is 10.2. The smallest absolute Gasteiger partial charge is 0.209 e. The summed E-state index contributed by atoms with van der Waals surface area (Å²) in [4.78, 5) is 29.7. The molecule has 1 aromatic carbocycles. The van der Waals surface area contributed by atoms with E-state index in [0.29, 0.717) is 0 Å². The Morgan fingerprint density at radius 3 is 1.96 bits per heavy atom. The Balaban J connectivity index is 1.63. The highest BCUT2D eigenvalue weighted by molar-refractivity contribution is 5.62. The fourth-order valence-corrected chi connectivity index (χ4v) is 3.81. The lowest BCUT2D eigenvalue weighted by Gasteiger charge is -2.36. The van der Waals surface area contributed by atoms with Crippen molar-refractivity contribution < 1.29 is 4.79 Å². The number of likely N-dealkylation sites (N-methyl/N-ethyl adjacent to an activating group) is 1. The van der Waals surface area contributed by atoms with Gasteiger partial charge in [0.05, 0.1) is 0 Å². The van der Waals surface area contributed by atoms with Crippen LogP contribution < -0.4 is 9.80 Å². The lowest BCUT2D eigenvalue weighted by Crippen LogP contribution is -2.47. The molecule has 28 heavy (non-hydrogen) atoms. The van der Waals surface area contributed by atoms with Crippen molar-refractivity contribution in [3.63, 3.8) is 0 Å². The van der Waals surface area contributed by atoms with Gasteiger partial charge in [-0.3, -0.25) is 4.79 Å². The first-order valence-electron chi connectivity index (χ1n) is 10.1. The number of rotatable bonds is 5. The van der Waals surface area contributed by atoms with Crippen LogP contribution in [-0.4, -0.2) is 85.1 Å². The van der Waals surface area contributed by atoms with E-state index >= 15 is 0 Å². The zero-order chi connectivity index (χ0) is 19.3. The quantitative estimate of drug-likeness (QED) is 0.734. The van der Waals surface area contributed by atoms with Gasteiger partial charge in [-0.25, -0.2) is 9.97 Å². The number of amides is 1. The molecular formula is C21H28N6O. The van der Waals surface area contributed by atoms with Crippen LogP contribution in [0.5, 0.6) is 0 Å². The Hall–Kier alpha value is -2.67. The molecule has 2 aliphatic heterocycles. The van der Waals surface area contributed by atoms with E-state index in [9.17, 15) is 4.79 Å². The average Bonchev–Trinajstić information content (AvgIpc) is 2.79. The summed E-state index contributed by atoms with van der Waals surface area (Å²) >= 11 is 0. The van der Waals surface area contributed by atoms with Crippen LogP contribution in [0.4, 0.5) is 11.6 Å². The van der Waals surface area contributed by atoms with Crippen LogP contribution in [0.25, 0.3) is 11.4 Å². The van der Waals surface area contributed by atoms with Gasteiger partial charge >= 0.3 is 0 Å². The molecule has 2 aliphatic rings. The molecule has 2 saturated heterocycles. The second kappa shape index (κ2) is 8.56. The van der Waals surface area contributed by atoms with Gasteiger partial charge < -0.3 is 19.6 Å². The van der Waals surface area contributed by atoms with Crippen molar-refractivity contribution in [3.8, 4) is 11.4 Å². The summed E-state index contributed by atoms with van der Waals surface area (Å²) in [6.07, 6.45) is 0.936. The van der Waals surface area contributed by atoms with Crippen molar-refractivity contribution >= 4 is 18.0 Å². The van der Waals surface area contributed by atoms with Crippen molar-refractivity contribution in [2.75, 3.05) is 68.7 Å². The molecule has 7 heteroatoms. The van der Waals surface area contributed by atoms with E-state index in [2.05, 4.69) is 39.8 Å². The molecule has 0 aliphatic carbocycles. The second-order valence-electron chi connectivity index (χ2n) is 7.32. The summed E-state index contributed by atoms with van der Waals surface area (Å²) in [6, 6.07) is 12.3. The highest BCUT2D eigenvalue weighted by atomic mass is 16.1. The number of benzene rings is 1.